The first-order valence-electron chi connectivity index (χ1n) is 10.2. The summed E-state index contributed by atoms with van der Waals surface area (Å²) in [5.74, 6) is 0. The molecule has 3 rings (SSSR count). The van der Waals surface area contributed by atoms with Crippen molar-refractivity contribution in [3.63, 3.8) is 0 Å². The zero-order chi connectivity index (χ0) is 19.9. The van der Waals surface area contributed by atoms with Gasteiger partial charge in [0.1, 0.15) is 0 Å². The Morgan fingerprint density at radius 3 is 2.50 bits per heavy atom. The van der Waals surface area contributed by atoms with Crippen molar-refractivity contribution in [2.45, 2.75) is 39.7 Å². The molecular weight excluding hydrogens is 366 g/mol. The smallest absolute Gasteiger partial charge is 0.0745 e. The standard InChI is InChI=1S/C24H30ClN3/c1-4-28(5-2)15-9-10-18(3)26-24-17-22(19-11-7-6-8-12-19)27-23-16-20(25)13-14-21(23)24/h6-8,11-14,16-18H,4-5,9-10,15H2,1-3H3,(H,26,27)/t18-/m1/s1. The van der Waals surface area contributed by atoms with Gasteiger partial charge in [-0.05, 0) is 63.7 Å². The van der Waals surface area contributed by atoms with E-state index in [4.69, 9.17) is 16.6 Å². The number of benzene rings is 2. The highest BCUT2D eigenvalue weighted by Gasteiger charge is 2.11. The molecule has 1 heterocycles. The molecule has 148 valence electrons. The van der Waals surface area contributed by atoms with E-state index < -0.39 is 0 Å². The van der Waals surface area contributed by atoms with Crippen LogP contribution in [0.15, 0.2) is 54.6 Å². The Hall–Kier alpha value is -2.10. The molecule has 1 aromatic heterocycles. The highest BCUT2D eigenvalue weighted by Crippen LogP contribution is 2.30. The number of rotatable bonds is 9. The molecule has 0 saturated heterocycles. The van der Waals surface area contributed by atoms with Crippen LogP contribution in [0.3, 0.4) is 0 Å². The summed E-state index contributed by atoms with van der Waals surface area (Å²) in [4.78, 5) is 7.33. The monoisotopic (exact) mass is 395 g/mol. The van der Waals surface area contributed by atoms with Crippen LogP contribution in [0.4, 0.5) is 5.69 Å². The number of nitrogens with zero attached hydrogens (tertiary/aromatic N) is 2. The Morgan fingerprint density at radius 1 is 1.04 bits per heavy atom. The molecular formula is C24H30ClN3. The van der Waals surface area contributed by atoms with Gasteiger partial charge in [0.15, 0.2) is 0 Å². The lowest BCUT2D eigenvalue weighted by Gasteiger charge is -2.21. The Labute approximate surface area is 173 Å². The van der Waals surface area contributed by atoms with E-state index in [2.05, 4.69) is 55.3 Å². The van der Waals surface area contributed by atoms with Crippen LogP contribution in [-0.4, -0.2) is 35.6 Å². The minimum absolute atomic E-state index is 0.389. The van der Waals surface area contributed by atoms with Crippen LogP contribution in [0, 0.1) is 0 Å². The van der Waals surface area contributed by atoms with Gasteiger partial charge in [-0.2, -0.15) is 0 Å². The number of halogens is 1. The lowest BCUT2D eigenvalue weighted by molar-refractivity contribution is 0.295. The molecule has 4 heteroatoms. The van der Waals surface area contributed by atoms with Crippen LogP contribution >= 0.6 is 11.6 Å². The van der Waals surface area contributed by atoms with Crippen molar-refractivity contribution < 1.29 is 0 Å². The van der Waals surface area contributed by atoms with Gasteiger partial charge in [-0.25, -0.2) is 4.98 Å². The number of hydrogen-bond donors (Lipinski definition) is 1. The van der Waals surface area contributed by atoms with Crippen molar-refractivity contribution in [3.05, 3.63) is 59.6 Å². The predicted molar refractivity (Wildman–Crippen MR) is 122 cm³/mol. The van der Waals surface area contributed by atoms with Crippen LogP contribution in [0.2, 0.25) is 5.02 Å². The van der Waals surface area contributed by atoms with Gasteiger partial charge in [-0.15, -0.1) is 0 Å². The average molecular weight is 396 g/mol. The maximum absolute atomic E-state index is 6.24. The molecule has 0 fully saturated rings. The first-order chi connectivity index (χ1) is 13.6. The Balaban J connectivity index is 1.83. The molecule has 3 aromatic rings. The number of pyridine rings is 1. The van der Waals surface area contributed by atoms with Crippen LogP contribution in [0.1, 0.15) is 33.6 Å². The van der Waals surface area contributed by atoms with Crippen molar-refractivity contribution in [3.8, 4) is 11.3 Å². The van der Waals surface area contributed by atoms with Gasteiger partial charge in [0.25, 0.3) is 0 Å². The molecule has 0 unspecified atom stereocenters. The number of hydrogen-bond acceptors (Lipinski definition) is 3. The number of nitrogens with one attached hydrogen (secondary N) is 1. The lowest BCUT2D eigenvalue weighted by Crippen LogP contribution is -2.25. The summed E-state index contributed by atoms with van der Waals surface area (Å²) in [5.41, 5.74) is 4.12. The summed E-state index contributed by atoms with van der Waals surface area (Å²) in [7, 11) is 0. The molecule has 0 bridgehead atoms. The Morgan fingerprint density at radius 2 is 1.79 bits per heavy atom. The molecule has 0 spiro atoms. The molecule has 28 heavy (non-hydrogen) atoms. The van der Waals surface area contributed by atoms with E-state index in [1.165, 1.54) is 6.42 Å². The number of fused-ring (bicyclic) bond motifs is 1. The van der Waals surface area contributed by atoms with Crippen LogP contribution in [-0.2, 0) is 0 Å². The van der Waals surface area contributed by atoms with Crippen molar-refractivity contribution >= 4 is 28.2 Å². The minimum atomic E-state index is 0.389. The first-order valence-corrected chi connectivity index (χ1v) is 10.6. The Kier molecular flexibility index (Phi) is 7.30. The molecule has 1 N–H and O–H groups in total. The number of aromatic nitrogens is 1. The zero-order valence-corrected chi connectivity index (χ0v) is 17.8. The lowest BCUT2D eigenvalue weighted by atomic mass is 10.1. The molecule has 0 saturated carbocycles. The van der Waals surface area contributed by atoms with E-state index >= 15 is 0 Å². The van der Waals surface area contributed by atoms with E-state index in [0.29, 0.717) is 11.1 Å². The minimum Gasteiger partial charge on any atom is -0.382 e. The molecule has 0 aliphatic rings. The summed E-state index contributed by atoms with van der Waals surface area (Å²) >= 11 is 6.24. The van der Waals surface area contributed by atoms with Gasteiger partial charge in [0.2, 0.25) is 0 Å². The predicted octanol–water partition coefficient (Wildman–Crippen LogP) is 6.48. The zero-order valence-electron chi connectivity index (χ0n) is 17.1. The molecule has 0 radical (unpaired) electrons. The molecule has 2 aromatic carbocycles. The normalized spacial score (nSPS) is 12.5. The topological polar surface area (TPSA) is 28.2 Å². The summed E-state index contributed by atoms with van der Waals surface area (Å²) < 4.78 is 0. The van der Waals surface area contributed by atoms with E-state index in [1.807, 2.05) is 30.3 Å². The second-order valence-electron chi connectivity index (χ2n) is 7.30. The summed E-state index contributed by atoms with van der Waals surface area (Å²) in [5, 5.41) is 5.54. The van der Waals surface area contributed by atoms with Crippen molar-refractivity contribution in [2.75, 3.05) is 25.0 Å². The summed E-state index contributed by atoms with van der Waals surface area (Å²) in [6.07, 6.45) is 2.32. The molecule has 0 aliphatic heterocycles. The van der Waals surface area contributed by atoms with E-state index in [1.54, 1.807) is 0 Å². The van der Waals surface area contributed by atoms with Crippen LogP contribution in [0.25, 0.3) is 22.2 Å². The fraction of sp³-hybridized carbons (Fsp3) is 0.375. The highest BCUT2D eigenvalue weighted by molar-refractivity contribution is 6.31. The van der Waals surface area contributed by atoms with Crippen LogP contribution in [0.5, 0.6) is 0 Å². The molecule has 1 atom stereocenters. The second kappa shape index (κ2) is 9.90. The average Bonchev–Trinajstić information content (AvgIpc) is 2.71. The van der Waals surface area contributed by atoms with Crippen molar-refractivity contribution in [1.82, 2.24) is 9.88 Å². The van der Waals surface area contributed by atoms with Gasteiger partial charge in [0, 0.05) is 27.7 Å². The number of anilines is 1. The first kappa shape index (κ1) is 20.6. The van der Waals surface area contributed by atoms with Gasteiger partial charge < -0.3 is 10.2 Å². The molecule has 0 amide bonds. The largest absolute Gasteiger partial charge is 0.382 e. The quantitative estimate of drug-likeness (QED) is 0.449. The van der Waals surface area contributed by atoms with E-state index in [9.17, 15) is 0 Å². The highest BCUT2D eigenvalue weighted by atomic mass is 35.5. The van der Waals surface area contributed by atoms with Crippen molar-refractivity contribution in [2.24, 2.45) is 0 Å². The second-order valence-corrected chi connectivity index (χ2v) is 7.73. The fourth-order valence-corrected chi connectivity index (χ4v) is 3.74. The maximum atomic E-state index is 6.24. The third-order valence-corrected chi connectivity index (χ3v) is 5.48. The van der Waals surface area contributed by atoms with Gasteiger partial charge in [-0.3, -0.25) is 0 Å². The van der Waals surface area contributed by atoms with Gasteiger partial charge in [-0.1, -0.05) is 55.8 Å². The third-order valence-electron chi connectivity index (χ3n) is 5.25. The van der Waals surface area contributed by atoms with Gasteiger partial charge >= 0.3 is 0 Å². The molecule has 0 aliphatic carbocycles. The SMILES string of the molecule is CCN(CC)CCC[C@@H](C)Nc1cc(-c2ccccc2)nc2cc(Cl)ccc12. The summed E-state index contributed by atoms with van der Waals surface area (Å²) in [6, 6.07) is 18.8. The fourth-order valence-electron chi connectivity index (χ4n) is 3.58. The molecule has 3 nitrogen and oxygen atoms in total. The van der Waals surface area contributed by atoms with E-state index in [-0.39, 0.29) is 0 Å². The van der Waals surface area contributed by atoms with E-state index in [0.717, 1.165) is 53.9 Å². The van der Waals surface area contributed by atoms with Crippen molar-refractivity contribution in [1.29, 1.82) is 0 Å². The maximum Gasteiger partial charge on any atom is 0.0745 e. The van der Waals surface area contributed by atoms with Gasteiger partial charge in [0.05, 0.1) is 11.2 Å². The summed E-state index contributed by atoms with van der Waals surface area (Å²) in [6.45, 7) is 10.1. The third kappa shape index (κ3) is 5.24. The van der Waals surface area contributed by atoms with Crippen LogP contribution < -0.4 is 5.32 Å². The Bertz CT molecular complexity index is 891.